The van der Waals surface area contributed by atoms with Crippen molar-refractivity contribution in [2.24, 2.45) is 29.1 Å². The number of anilines is 1. The van der Waals surface area contributed by atoms with Gasteiger partial charge in [-0.25, -0.2) is 4.21 Å². The van der Waals surface area contributed by atoms with Crippen LogP contribution in [-0.4, -0.2) is 51.6 Å². The van der Waals surface area contributed by atoms with Gasteiger partial charge in [0.15, 0.2) is 6.29 Å². The van der Waals surface area contributed by atoms with Crippen LogP contribution in [-0.2, 0) is 11.0 Å². The summed E-state index contributed by atoms with van der Waals surface area (Å²) in [6.45, 7) is 12.1. The molecule has 0 spiro atoms. The summed E-state index contributed by atoms with van der Waals surface area (Å²) in [5.41, 5.74) is 1.18. The Kier molecular flexibility index (Phi) is 8.47. The van der Waals surface area contributed by atoms with Crippen molar-refractivity contribution >= 4 is 22.6 Å². The van der Waals surface area contributed by atoms with Crippen molar-refractivity contribution < 1.29 is 24.0 Å². The fourth-order valence-corrected chi connectivity index (χ4v) is 7.17. The predicted molar refractivity (Wildman–Crippen MR) is 143 cm³/mol. The Labute approximate surface area is 217 Å². The molecule has 0 aromatic heterocycles. The second-order valence-electron chi connectivity index (χ2n) is 11.6. The molecule has 3 N–H and O–H groups in total. The van der Waals surface area contributed by atoms with E-state index in [2.05, 4.69) is 23.1 Å². The van der Waals surface area contributed by atoms with Gasteiger partial charge in [0.25, 0.3) is 5.91 Å². The maximum absolute atomic E-state index is 13.1. The largest absolute Gasteiger partial charge is 0.491 e. The fourth-order valence-electron chi connectivity index (χ4n) is 6.12. The molecule has 3 aliphatic rings. The third-order valence-corrected chi connectivity index (χ3v) is 10.3. The monoisotopic (exact) mass is 518 g/mol. The van der Waals surface area contributed by atoms with Crippen molar-refractivity contribution in [2.45, 2.75) is 70.8 Å². The van der Waals surface area contributed by atoms with E-state index in [9.17, 15) is 19.2 Å². The van der Waals surface area contributed by atoms with Gasteiger partial charge in [-0.1, -0.05) is 26.3 Å². The van der Waals surface area contributed by atoms with Crippen LogP contribution in [0.5, 0.6) is 5.75 Å². The van der Waals surface area contributed by atoms with Gasteiger partial charge in [0, 0.05) is 30.0 Å². The number of hydrogen-bond acceptors (Lipinski definition) is 6. The zero-order chi connectivity index (χ0) is 26.0. The number of ether oxygens (including phenoxy) is 1. The molecule has 2 aliphatic heterocycles. The van der Waals surface area contributed by atoms with Crippen LogP contribution < -0.4 is 14.4 Å². The number of nitrogens with zero attached hydrogens (tertiary/aromatic N) is 1. The van der Waals surface area contributed by atoms with E-state index in [-0.39, 0.29) is 34.3 Å². The van der Waals surface area contributed by atoms with Gasteiger partial charge in [-0.3, -0.25) is 9.52 Å². The molecule has 7 atom stereocenters. The summed E-state index contributed by atoms with van der Waals surface area (Å²) in [6, 6.07) is 5.43. The fraction of sp³-hybridized carbons (Fsp3) is 0.679. The van der Waals surface area contributed by atoms with Gasteiger partial charge in [0.1, 0.15) is 16.7 Å². The number of rotatable bonds is 3. The predicted octanol–water partition coefficient (Wildman–Crippen LogP) is 4.02. The molecular formula is C28H42N2O5S. The zero-order valence-corrected chi connectivity index (χ0v) is 22.6. The van der Waals surface area contributed by atoms with Crippen LogP contribution in [0.1, 0.15) is 69.7 Å². The average molecular weight is 519 g/mol. The highest BCUT2D eigenvalue weighted by Gasteiger charge is 2.42. The van der Waals surface area contributed by atoms with Crippen LogP contribution in [0.4, 0.5) is 5.69 Å². The molecule has 0 saturated heterocycles. The molecule has 1 aliphatic carbocycles. The van der Waals surface area contributed by atoms with E-state index < -0.39 is 17.3 Å². The first kappa shape index (κ1) is 27.1. The highest BCUT2D eigenvalue weighted by molar-refractivity contribution is 7.84. The first-order chi connectivity index (χ1) is 17.1. The van der Waals surface area contributed by atoms with E-state index in [1.807, 2.05) is 32.1 Å². The van der Waals surface area contributed by atoms with Crippen molar-refractivity contribution in [3.05, 3.63) is 36.4 Å². The summed E-state index contributed by atoms with van der Waals surface area (Å²) in [5, 5.41) is 20.3. The van der Waals surface area contributed by atoms with Crippen molar-refractivity contribution in [1.29, 1.82) is 0 Å². The third kappa shape index (κ3) is 5.81. The second-order valence-corrected chi connectivity index (χ2v) is 13.1. The first-order valence-corrected chi connectivity index (χ1v) is 14.5. The lowest BCUT2D eigenvalue weighted by molar-refractivity contribution is -0.124. The van der Waals surface area contributed by atoms with Crippen LogP contribution in [0, 0.1) is 29.1 Å². The number of carbonyl (C=O) groups excluding carboxylic acids is 1. The van der Waals surface area contributed by atoms with Gasteiger partial charge in [0.05, 0.1) is 17.5 Å². The molecule has 1 aromatic rings. The Bertz CT molecular complexity index is 985. The van der Waals surface area contributed by atoms with Crippen molar-refractivity contribution in [2.75, 3.05) is 24.6 Å². The molecule has 1 saturated carbocycles. The van der Waals surface area contributed by atoms with E-state index in [1.54, 1.807) is 6.07 Å². The number of fused-ring (bicyclic) bond motifs is 2. The number of aliphatic hydroxyl groups excluding tert-OH is 1. The smallest absolute Gasteiger partial charge is 0.263 e. The van der Waals surface area contributed by atoms with Gasteiger partial charge in [-0.2, -0.15) is 0 Å². The number of aliphatic hydroxyl groups is 2. The second kappa shape index (κ2) is 11.2. The molecule has 4 rings (SSSR count). The SMILES string of the molecule is C=CC[C@]1(C)COc2ccc3cc2N(CC2CCC2C(C(O)O)CCCC(C)C(C)S(=O)NC3=O)C1. The minimum Gasteiger partial charge on any atom is -0.491 e. The number of carbonyl (C=O) groups is 1. The topological polar surface area (TPSA) is 99.1 Å². The summed E-state index contributed by atoms with van der Waals surface area (Å²) in [7, 11) is -1.52. The lowest BCUT2D eigenvalue weighted by atomic mass is 9.65. The Morgan fingerprint density at radius 2 is 2.06 bits per heavy atom. The van der Waals surface area contributed by atoms with E-state index in [0.29, 0.717) is 18.1 Å². The molecule has 0 radical (unpaired) electrons. The molecule has 1 amide bonds. The van der Waals surface area contributed by atoms with Gasteiger partial charge >= 0.3 is 0 Å². The van der Waals surface area contributed by atoms with Crippen molar-refractivity contribution in [3.8, 4) is 5.75 Å². The standard InChI is InChI=1S/C28H42N2O5S/c1-5-13-28(4)16-30-15-21-9-11-22(21)23(27(32)33)8-6-7-18(2)19(3)36(34)29-26(31)20-10-12-25(35-17-28)24(30)14-20/h5,10,12,14,18-19,21-23,27,32-33H,1,6-9,11,13,15-17H2,2-4H3,(H,29,31)/t18?,19?,21?,22?,23?,28-,36?/m0/s1. The first-order valence-electron chi connectivity index (χ1n) is 13.3. The molecular weight excluding hydrogens is 476 g/mol. The molecule has 2 bridgehead atoms. The average Bonchev–Trinajstić information content (AvgIpc) is 2.96. The lowest BCUT2D eigenvalue weighted by Gasteiger charge is -2.46. The number of allylic oxidation sites excluding steroid dienone is 1. The van der Waals surface area contributed by atoms with Crippen LogP contribution in [0.3, 0.4) is 0 Å². The third-order valence-electron chi connectivity index (χ3n) is 8.74. The Balaban J connectivity index is 1.72. The Morgan fingerprint density at radius 1 is 1.28 bits per heavy atom. The minimum atomic E-state index is -1.52. The molecule has 36 heavy (non-hydrogen) atoms. The summed E-state index contributed by atoms with van der Waals surface area (Å²) >= 11 is 0. The number of nitrogens with one attached hydrogen (secondary N) is 1. The summed E-state index contributed by atoms with van der Waals surface area (Å²) in [5.74, 6) is 0.933. The lowest BCUT2D eigenvalue weighted by Crippen LogP contribution is -2.47. The number of benzene rings is 1. The number of amides is 1. The van der Waals surface area contributed by atoms with Gasteiger partial charge < -0.3 is 19.8 Å². The van der Waals surface area contributed by atoms with E-state index in [4.69, 9.17) is 4.74 Å². The number of hydrogen-bond donors (Lipinski definition) is 3. The van der Waals surface area contributed by atoms with Gasteiger partial charge in [-0.15, -0.1) is 6.58 Å². The minimum absolute atomic E-state index is 0.131. The zero-order valence-electron chi connectivity index (χ0n) is 21.8. The van der Waals surface area contributed by atoms with E-state index in [0.717, 1.165) is 63.1 Å². The van der Waals surface area contributed by atoms with E-state index >= 15 is 0 Å². The molecule has 6 unspecified atom stereocenters. The highest BCUT2D eigenvalue weighted by Crippen LogP contribution is 2.46. The quantitative estimate of drug-likeness (QED) is 0.413. The molecule has 8 heteroatoms. The van der Waals surface area contributed by atoms with Crippen LogP contribution in [0.2, 0.25) is 0 Å². The van der Waals surface area contributed by atoms with Crippen molar-refractivity contribution in [1.82, 2.24) is 4.72 Å². The Hall–Kier alpha value is -1.90. The molecule has 200 valence electrons. The van der Waals surface area contributed by atoms with Gasteiger partial charge in [0.2, 0.25) is 0 Å². The molecule has 7 nitrogen and oxygen atoms in total. The van der Waals surface area contributed by atoms with Crippen LogP contribution in [0.25, 0.3) is 0 Å². The molecule has 2 heterocycles. The maximum Gasteiger partial charge on any atom is 0.263 e. The summed E-state index contributed by atoms with van der Waals surface area (Å²) in [4.78, 5) is 15.4. The Morgan fingerprint density at radius 3 is 2.72 bits per heavy atom. The maximum atomic E-state index is 13.1. The molecule has 1 fully saturated rings. The van der Waals surface area contributed by atoms with Crippen LogP contribution >= 0.6 is 0 Å². The highest BCUT2D eigenvalue weighted by atomic mass is 32.2. The van der Waals surface area contributed by atoms with Crippen LogP contribution in [0.15, 0.2) is 30.9 Å². The van der Waals surface area contributed by atoms with Crippen molar-refractivity contribution in [3.63, 3.8) is 0 Å². The normalized spacial score (nSPS) is 35.6. The van der Waals surface area contributed by atoms with Gasteiger partial charge in [-0.05, 0) is 75.0 Å². The summed E-state index contributed by atoms with van der Waals surface area (Å²) < 4.78 is 21.9. The molecule has 1 aromatic carbocycles. The van der Waals surface area contributed by atoms with E-state index in [1.165, 1.54) is 0 Å². The summed E-state index contributed by atoms with van der Waals surface area (Å²) in [6.07, 6.45) is 5.81.